The van der Waals surface area contributed by atoms with Crippen LogP contribution in [0.5, 0.6) is 0 Å². The molecule has 8 nitrogen and oxygen atoms in total. The molecule has 1 aromatic heterocycles. The van der Waals surface area contributed by atoms with E-state index in [-0.39, 0.29) is 36.8 Å². The fraction of sp³-hybridized carbons (Fsp3) is 0.500. The second-order valence-corrected chi connectivity index (χ2v) is 6.43. The zero-order valence-corrected chi connectivity index (χ0v) is 12.4. The Morgan fingerprint density at radius 1 is 1.62 bits per heavy atom. The normalized spacial score (nSPS) is 20.1. The Morgan fingerprint density at radius 2 is 2.38 bits per heavy atom. The van der Waals surface area contributed by atoms with Crippen LogP contribution in [0.25, 0.3) is 0 Å². The van der Waals surface area contributed by atoms with E-state index in [1.165, 1.54) is 29.7 Å². The van der Waals surface area contributed by atoms with Gasteiger partial charge in [-0.3, -0.25) is 4.79 Å². The lowest BCUT2D eigenvalue weighted by molar-refractivity contribution is -0.145. The summed E-state index contributed by atoms with van der Waals surface area (Å²) in [4.78, 5) is 15.0. The van der Waals surface area contributed by atoms with Gasteiger partial charge in [-0.15, -0.1) is 0 Å². The number of hydrogen-bond donors (Lipinski definition) is 1. The van der Waals surface area contributed by atoms with Crippen molar-refractivity contribution < 1.29 is 22.7 Å². The fourth-order valence-electron chi connectivity index (χ4n) is 2.06. The number of methoxy groups -OCH3 is 1. The first-order chi connectivity index (χ1) is 9.95. The Hall–Kier alpha value is -1.71. The molecule has 1 aliphatic rings. The monoisotopic (exact) mass is 315 g/mol. The van der Waals surface area contributed by atoms with Gasteiger partial charge in [0, 0.05) is 19.3 Å². The summed E-state index contributed by atoms with van der Waals surface area (Å²) in [5.41, 5.74) is 5.63. The highest BCUT2D eigenvalue weighted by molar-refractivity contribution is 7.89. The average molecular weight is 315 g/mol. The van der Waals surface area contributed by atoms with Gasteiger partial charge in [0.15, 0.2) is 0 Å². The summed E-state index contributed by atoms with van der Waals surface area (Å²) in [5.74, 6) is -0.492. The molecule has 116 valence electrons. The number of sulfonamides is 1. The maximum absolute atomic E-state index is 12.5. The number of carbonyl (C=O) groups is 1. The molecule has 0 radical (unpaired) electrons. The van der Waals surface area contributed by atoms with Gasteiger partial charge in [0.2, 0.25) is 10.0 Å². The Morgan fingerprint density at radius 3 is 3.05 bits per heavy atom. The third-order valence-electron chi connectivity index (χ3n) is 3.14. The van der Waals surface area contributed by atoms with Crippen LogP contribution in [-0.2, 0) is 24.3 Å². The summed E-state index contributed by atoms with van der Waals surface area (Å²) in [7, 11) is -2.48. The van der Waals surface area contributed by atoms with Crippen LogP contribution in [0.1, 0.15) is 6.42 Å². The quantitative estimate of drug-likeness (QED) is 0.753. The number of pyridine rings is 1. The van der Waals surface area contributed by atoms with E-state index < -0.39 is 22.1 Å². The molecule has 1 atom stereocenters. The van der Waals surface area contributed by atoms with Gasteiger partial charge in [-0.1, -0.05) is 0 Å². The number of morpholine rings is 1. The molecule has 0 aromatic carbocycles. The van der Waals surface area contributed by atoms with Crippen LogP contribution in [0.4, 0.5) is 5.82 Å². The van der Waals surface area contributed by atoms with Gasteiger partial charge in [-0.25, -0.2) is 13.4 Å². The van der Waals surface area contributed by atoms with E-state index in [9.17, 15) is 13.2 Å². The number of nitrogen functional groups attached to an aromatic ring is 1. The fourth-order valence-corrected chi connectivity index (χ4v) is 3.59. The van der Waals surface area contributed by atoms with Crippen molar-refractivity contribution in [3.63, 3.8) is 0 Å². The molecule has 21 heavy (non-hydrogen) atoms. The number of nitrogens with zero attached hydrogens (tertiary/aromatic N) is 2. The first kappa shape index (κ1) is 15.7. The van der Waals surface area contributed by atoms with Crippen LogP contribution in [0.15, 0.2) is 23.2 Å². The molecule has 1 unspecified atom stereocenters. The van der Waals surface area contributed by atoms with E-state index in [0.717, 1.165) is 0 Å². The summed E-state index contributed by atoms with van der Waals surface area (Å²) in [6.07, 6.45) is 0.901. The van der Waals surface area contributed by atoms with Crippen LogP contribution < -0.4 is 5.73 Å². The minimum atomic E-state index is -3.75. The number of hydrogen-bond acceptors (Lipinski definition) is 7. The number of nitrogens with two attached hydrogens (primary N) is 1. The predicted octanol–water partition coefficient (Wildman–Crippen LogP) is -0.384. The first-order valence-electron chi connectivity index (χ1n) is 6.34. The standard InChI is InChI=1S/C12H17N3O5S/c1-19-11(16)7-9-8-15(5-6-20-9)21(17,18)10-3-2-4-14-12(10)13/h2-4,9H,5-8H2,1H3,(H2,13,14). The van der Waals surface area contributed by atoms with Crippen LogP contribution in [0, 0.1) is 0 Å². The van der Waals surface area contributed by atoms with Crippen LogP contribution in [0.3, 0.4) is 0 Å². The third-order valence-corrected chi connectivity index (χ3v) is 5.05. The van der Waals surface area contributed by atoms with Crippen LogP contribution in [-0.4, -0.2) is 56.6 Å². The van der Waals surface area contributed by atoms with Crippen LogP contribution in [0.2, 0.25) is 0 Å². The van der Waals surface area contributed by atoms with Crippen LogP contribution >= 0.6 is 0 Å². The van der Waals surface area contributed by atoms with Gasteiger partial charge in [0.1, 0.15) is 10.7 Å². The molecular weight excluding hydrogens is 298 g/mol. The Balaban J connectivity index is 2.17. The average Bonchev–Trinajstić information content (AvgIpc) is 2.47. The largest absolute Gasteiger partial charge is 0.469 e. The van der Waals surface area contributed by atoms with E-state index in [1.54, 1.807) is 0 Å². The molecule has 2 N–H and O–H groups in total. The van der Waals surface area contributed by atoms with Gasteiger partial charge in [0.25, 0.3) is 0 Å². The lowest BCUT2D eigenvalue weighted by Gasteiger charge is -2.31. The Labute approximate surface area is 122 Å². The second kappa shape index (κ2) is 6.37. The topological polar surface area (TPSA) is 112 Å². The smallest absolute Gasteiger partial charge is 0.308 e. The van der Waals surface area contributed by atoms with E-state index >= 15 is 0 Å². The molecular formula is C12H17N3O5S. The number of rotatable bonds is 4. The highest BCUT2D eigenvalue weighted by Gasteiger charge is 2.33. The Bertz CT molecular complexity index is 619. The zero-order chi connectivity index (χ0) is 15.5. The number of aromatic nitrogens is 1. The van der Waals surface area contributed by atoms with Crippen molar-refractivity contribution in [1.29, 1.82) is 0 Å². The second-order valence-electron chi connectivity index (χ2n) is 4.52. The van der Waals surface area contributed by atoms with Crippen molar-refractivity contribution in [2.75, 3.05) is 32.5 Å². The van der Waals surface area contributed by atoms with Gasteiger partial charge >= 0.3 is 5.97 Å². The molecule has 2 rings (SSSR count). The molecule has 0 spiro atoms. The number of anilines is 1. The van der Waals surface area contributed by atoms with Crippen molar-refractivity contribution in [2.45, 2.75) is 17.4 Å². The van der Waals surface area contributed by atoms with Crippen molar-refractivity contribution >= 4 is 21.8 Å². The SMILES string of the molecule is COC(=O)CC1CN(S(=O)(=O)c2cccnc2N)CCO1. The molecule has 0 bridgehead atoms. The van der Waals surface area contributed by atoms with E-state index in [4.69, 9.17) is 10.5 Å². The predicted molar refractivity (Wildman–Crippen MR) is 73.8 cm³/mol. The van der Waals surface area contributed by atoms with Crippen molar-refractivity contribution in [2.24, 2.45) is 0 Å². The van der Waals surface area contributed by atoms with E-state index in [0.29, 0.717) is 0 Å². The zero-order valence-electron chi connectivity index (χ0n) is 11.6. The summed E-state index contributed by atoms with van der Waals surface area (Å²) in [6, 6.07) is 2.91. The van der Waals surface area contributed by atoms with Gasteiger partial charge in [-0.2, -0.15) is 4.31 Å². The van der Waals surface area contributed by atoms with Crippen molar-refractivity contribution in [3.8, 4) is 0 Å². The lowest BCUT2D eigenvalue weighted by Crippen LogP contribution is -2.46. The minimum absolute atomic E-state index is 0.00500. The van der Waals surface area contributed by atoms with Gasteiger partial charge in [0.05, 0.1) is 26.2 Å². The van der Waals surface area contributed by atoms with Gasteiger partial charge in [-0.05, 0) is 12.1 Å². The number of ether oxygens (including phenoxy) is 2. The highest BCUT2D eigenvalue weighted by atomic mass is 32.2. The summed E-state index contributed by atoms with van der Waals surface area (Å²) >= 11 is 0. The summed E-state index contributed by atoms with van der Waals surface area (Å²) in [5, 5.41) is 0. The molecule has 2 heterocycles. The molecule has 0 amide bonds. The maximum atomic E-state index is 12.5. The summed E-state index contributed by atoms with van der Waals surface area (Å²) < 4.78 is 36.3. The molecule has 1 fully saturated rings. The van der Waals surface area contributed by atoms with Crippen molar-refractivity contribution in [3.05, 3.63) is 18.3 Å². The molecule has 9 heteroatoms. The molecule has 1 aliphatic heterocycles. The molecule has 1 saturated heterocycles. The lowest BCUT2D eigenvalue weighted by atomic mass is 10.2. The highest BCUT2D eigenvalue weighted by Crippen LogP contribution is 2.22. The number of carbonyl (C=O) groups excluding carboxylic acids is 1. The number of esters is 1. The van der Waals surface area contributed by atoms with E-state index in [2.05, 4.69) is 9.72 Å². The minimum Gasteiger partial charge on any atom is -0.469 e. The molecule has 0 aliphatic carbocycles. The van der Waals surface area contributed by atoms with E-state index in [1.807, 2.05) is 0 Å². The summed E-state index contributed by atoms with van der Waals surface area (Å²) in [6.45, 7) is 0.487. The first-order valence-corrected chi connectivity index (χ1v) is 7.78. The molecule has 0 saturated carbocycles. The molecule has 1 aromatic rings. The van der Waals surface area contributed by atoms with Gasteiger partial charge < -0.3 is 15.2 Å². The van der Waals surface area contributed by atoms with Crippen molar-refractivity contribution in [1.82, 2.24) is 9.29 Å². The maximum Gasteiger partial charge on any atom is 0.308 e. The third kappa shape index (κ3) is 3.49. The Kier molecular flexibility index (Phi) is 4.76.